The number of hydrogen-bond acceptors (Lipinski definition) is 4. The number of halogens is 3. The zero-order valence-corrected chi connectivity index (χ0v) is 10.6. The lowest BCUT2D eigenvalue weighted by Crippen LogP contribution is -2.17. The van der Waals surface area contributed by atoms with Gasteiger partial charge in [-0.25, -0.2) is 9.48 Å². The Morgan fingerprint density at radius 2 is 1.85 bits per heavy atom. The number of aryl methyl sites for hydroxylation is 1. The predicted octanol–water partition coefficient (Wildman–Crippen LogP) is 2.38. The SMILES string of the molecule is COC(=O)c1c(C(F)(F)F)nnn1-c1ccc(C)cc1. The molecule has 5 nitrogen and oxygen atoms in total. The lowest BCUT2D eigenvalue weighted by Gasteiger charge is -2.08. The average molecular weight is 285 g/mol. The highest BCUT2D eigenvalue weighted by atomic mass is 19.4. The molecule has 0 atom stereocenters. The van der Waals surface area contributed by atoms with Crippen LogP contribution in [0.2, 0.25) is 0 Å². The second-order valence-corrected chi connectivity index (χ2v) is 4.02. The fraction of sp³-hybridized carbons (Fsp3) is 0.250. The molecule has 0 unspecified atom stereocenters. The van der Waals surface area contributed by atoms with Gasteiger partial charge in [-0.1, -0.05) is 22.9 Å². The molecule has 2 aromatic rings. The first-order valence-electron chi connectivity index (χ1n) is 5.53. The zero-order chi connectivity index (χ0) is 14.9. The Hall–Kier alpha value is -2.38. The van der Waals surface area contributed by atoms with Crippen LogP contribution in [0.1, 0.15) is 21.7 Å². The van der Waals surface area contributed by atoms with Crippen molar-refractivity contribution in [2.24, 2.45) is 0 Å². The van der Waals surface area contributed by atoms with E-state index in [2.05, 4.69) is 15.0 Å². The Bertz CT molecular complexity index is 632. The van der Waals surface area contributed by atoms with Crippen LogP contribution in [0.15, 0.2) is 24.3 Å². The lowest BCUT2D eigenvalue weighted by molar-refractivity contribution is -0.141. The molecule has 0 amide bonds. The van der Waals surface area contributed by atoms with Crippen LogP contribution in [0.3, 0.4) is 0 Å². The van der Waals surface area contributed by atoms with E-state index in [-0.39, 0.29) is 0 Å². The predicted molar refractivity (Wildman–Crippen MR) is 62.4 cm³/mol. The van der Waals surface area contributed by atoms with E-state index >= 15 is 0 Å². The first kappa shape index (κ1) is 14.0. The maximum atomic E-state index is 12.8. The average Bonchev–Trinajstić information content (AvgIpc) is 2.83. The summed E-state index contributed by atoms with van der Waals surface area (Å²) in [4.78, 5) is 11.6. The summed E-state index contributed by atoms with van der Waals surface area (Å²) in [7, 11) is 0.995. The van der Waals surface area contributed by atoms with E-state index in [1.165, 1.54) is 12.1 Å². The van der Waals surface area contributed by atoms with Gasteiger partial charge < -0.3 is 4.74 Å². The third-order valence-electron chi connectivity index (χ3n) is 2.60. The molecular formula is C12H10F3N3O2. The highest BCUT2D eigenvalue weighted by Crippen LogP contribution is 2.31. The van der Waals surface area contributed by atoms with Crippen LogP contribution in [-0.4, -0.2) is 28.1 Å². The smallest absolute Gasteiger partial charge is 0.437 e. The first-order valence-corrected chi connectivity index (χ1v) is 5.53. The van der Waals surface area contributed by atoms with Crippen LogP contribution >= 0.6 is 0 Å². The Kier molecular flexibility index (Phi) is 3.47. The minimum absolute atomic E-state index is 0.291. The second-order valence-electron chi connectivity index (χ2n) is 4.02. The molecule has 0 aliphatic carbocycles. The van der Waals surface area contributed by atoms with Gasteiger partial charge in [-0.15, -0.1) is 5.10 Å². The molecule has 0 radical (unpaired) electrons. The zero-order valence-electron chi connectivity index (χ0n) is 10.6. The molecule has 0 saturated heterocycles. The van der Waals surface area contributed by atoms with E-state index in [9.17, 15) is 18.0 Å². The van der Waals surface area contributed by atoms with Crippen LogP contribution in [0.4, 0.5) is 13.2 Å². The number of carbonyl (C=O) groups excluding carboxylic acids is 1. The van der Waals surface area contributed by atoms with Gasteiger partial charge in [0.25, 0.3) is 0 Å². The molecule has 1 aromatic heterocycles. The normalized spacial score (nSPS) is 11.4. The second kappa shape index (κ2) is 4.95. The standard InChI is InChI=1S/C12H10F3N3O2/c1-7-3-5-8(6-4-7)18-9(11(19)20-2)10(16-17-18)12(13,14)15/h3-6H,1-2H3. The third kappa shape index (κ3) is 2.49. The maximum absolute atomic E-state index is 12.8. The van der Waals surface area contributed by atoms with E-state index in [1.54, 1.807) is 12.1 Å². The monoisotopic (exact) mass is 285 g/mol. The van der Waals surface area contributed by atoms with Crippen LogP contribution in [0, 0.1) is 6.92 Å². The summed E-state index contributed by atoms with van der Waals surface area (Å²) < 4.78 is 43.6. The Morgan fingerprint density at radius 3 is 2.35 bits per heavy atom. The molecule has 0 bridgehead atoms. The number of methoxy groups -OCH3 is 1. The van der Waals surface area contributed by atoms with E-state index in [0.717, 1.165) is 17.4 Å². The van der Waals surface area contributed by atoms with Gasteiger partial charge in [0, 0.05) is 0 Å². The van der Waals surface area contributed by atoms with Crippen molar-refractivity contribution in [1.29, 1.82) is 0 Å². The Balaban J connectivity index is 2.62. The molecule has 0 fully saturated rings. The molecule has 0 N–H and O–H groups in total. The molecule has 1 aromatic carbocycles. The summed E-state index contributed by atoms with van der Waals surface area (Å²) in [5, 5.41) is 6.44. The number of aromatic nitrogens is 3. The fourth-order valence-corrected chi connectivity index (χ4v) is 1.62. The van der Waals surface area contributed by atoms with Crippen molar-refractivity contribution in [2.45, 2.75) is 13.1 Å². The lowest BCUT2D eigenvalue weighted by atomic mass is 10.2. The summed E-state index contributed by atoms with van der Waals surface area (Å²) in [6, 6.07) is 6.45. The number of alkyl halides is 3. The Labute approximate surface area is 112 Å². The summed E-state index contributed by atoms with van der Waals surface area (Å²) >= 11 is 0. The van der Waals surface area contributed by atoms with Gasteiger partial charge >= 0.3 is 12.1 Å². The number of nitrogens with zero attached hydrogens (tertiary/aromatic N) is 3. The molecule has 20 heavy (non-hydrogen) atoms. The van der Waals surface area contributed by atoms with Crippen molar-refractivity contribution in [3.8, 4) is 5.69 Å². The topological polar surface area (TPSA) is 57.0 Å². The molecule has 106 valence electrons. The fourth-order valence-electron chi connectivity index (χ4n) is 1.62. The number of esters is 1. The summed E-state index contributed by atoms with van der Waals surface area (Å²) in [5.74, 6) is -1.15. The number of rotatable bonds is 2. The molecule has 0 saturated carbocycles. The molecule has 2 rings (SSSR count). The van der Waals surface area contributed by atoms with Crippen molar-refractivity contribution in [3.05, 3.63) is 41.2 Å². The van der Waals surface area contributed by atoms with Crippen LogP contribution in [0.25, 0.3) is 5.69 Å². The highest BCUT2D eigenvalue weighted by molar-refractivity contribution is 5.89. The van der Waals surface area contributed by atoms with Crippen molar-refractivity contribution < 1.29 is 22.7 Å². The maximum Gasteiger partial charge on any atom is 0.437 e. The van der Waals surface area contributed by atoms with Crippen LogP contribution in [0.5, 0.6) is 0 Å². The highest BCUT2D eigenvalue weighted by Gasteiger charge is 2.41. The van der Waals surface area contributed by atoms with Gasteiger partial charge in [0.15, 0.2) is 5.69 Å². The Morgan fingerprint density at radius 1 is 1.25 bits per heavy atom. The molecule has 0 spiro atoms. The number of benzene rings is 1. The molecule has 0 aliphatic heterocycles. The minimum Gasteiger partial charge on any atom is -0.464 e. The molecule has 8 heteroatoms. The number of carbonyl (C=O) groups is 1. The third-order valence-corrected chi connectivity index (χ3v) is 2.60. The van der Waals surface area contributed by atoms with Crippen molar-refractivity contribution in [1.82, 2.24) is 15.0 Å². The molecule has 0 aliphatic rings. The van der Waals surface area contributed by atoms with E-state index < -0.39 is 23.5 Å². The van der Waals surface area contributed by atoms with Crippen molar-refractivity contribution in [3.63, 3.8) is 0 Å². The number of hydrogen-bond donors (Lipinski definition) is 0. The van der Waals surface area contributed by atoms with Crippen LogP contribution in [-0.2, 0) is 10.9 Å². The molecule has 1 heterocycles. The van der Waals surface area contributed by atoms with Crippen molar-refractivity contribution in [2.75, 3.05) is 7.11 Å². The number of ether oxygens (including phenoxy) is 1. The van der Waals surface area contributed by atoms with Gasteiger partial charge in [-0.2, -0.15) is 13.2 Å². The van der Waals surface area contributed by atoms with E-state index in [4.69, 9.17) is 0 Å². The van der Waals surface area contributed by atoms with Gasteiger partial charge in [0.05, 0.1) is 12.8 Å². The minimum atomic E-state index is -4.79. The van der Waals surface area contributed by atoms with Gasteiger partial charge in [0.2, 0.25) is 5.69 Å². The molecular weight excluding hydrogens is 275 g/mol. The first-order chi connectivity index (χ1) is 9.34. The summed E-state index contributed by atoms with van der Waals surface area (Å²) in [6.07, 6.45) is -4.79. The largest absolute Gasteiger partial charge is 0.464 e. The summed E-state index contributed by atoms with van der Waals surface area (Å²) in [6.45, 7) is 1.83. The van der Waals surface area contributed by atoms with Crippen LogP contribution < -0.4 is 0 Å². The van der Waals surface area contributed by atoms with Gasteiger partial charge in [-0.05, 0) is 19.1 Å². The quantitative estimate of drug-likeness (QED) is 0.795. The summed E-state index contributed by atoms with van der Waals surface area (Å²) in [5.41, 5.74) is -0.905. The van der Waals surface area contributed by atoms with Gasteiger partial charge in [-0.3, -0.25) is 0 Å². The van der Waals surface area contributed by atoms with E-state index in [1.807, 2.05) is 6.92 Å². The van der Waals surface area contributed by atoms with Crippen molar-refractivity contribution >= 4 is 5.97 Å². The van der Waals surface area contributed by atoms with E-state index in [0.29, 0.717) is 5.69 Å². The van der Waals surface area contributed by atoms with Gasteiger partial charge in [0.1, 0.15) is 0 Å².